The zero-order valence-electron chi connectivity index (χ0n) is 16.4. The second kappa shape index (κ2) is 8.50. The molecule has 3 nitrogen and oxygen atoms in total. The molecule has 1 saturated heterocycles. The van der Waals surface area contributed by atoms with Crippen molar-refractivity contribution in [2.45, 2.75) is 19.1 Å². The Morgan fingerprint density at radius 2 is 1.55 bits per heavy atom. The highest BCUT2D eigenvalue weighted by atomic mass is 32.2. The first kappa shape index (κ1) is 19.2. The summed E-state index contributed by atoms with van der Waals surface area (Å²) in [5.41, 5.74) is 4.82. The number of amides is 1. The van der Waals surface area contributed by atoms with Crippen LogP contribution in [-0.2, 0) is 4.79 Å². The lowest BCUT2D eigenvalue weighted by Crippen LogP contribution is -2.27. The van der Waals surface area contributed by atoms with E-state index < -0.39 is 0 Å². The number of hydrogen-bond donors (Lipinski definition) is 0. The second-order valence-corrected chi connectivity index (χ2v) is 8.31. The Morgan fingerprint density at radius 1 is 0.931 bits per heavy atom. The molecule has 4 rings (SSSR count). The van der Waals surface area contributed by atoms with Gasteiger partial charge < -0.3 is 0 Å². The van der Waals surface area contributed by atoms with Crippen LogP contribution in [0.1, 0.15) is 18.1 Å². The molecule has 0 aliphatic carbocycles. The first-order valence-corrected chi connectivity index (χ1v) is 10.5. The van der Waals surface area contributed by atoms with Gasteiger partial charge in [0.05, 0.1) is 21.7 Å². The van der Waals surface area contributed by atoms with Crippen molar-refractivity contribution in [1.82, 2.24) is 0 Å². The van der Waals surface area contributed by atoms with E-state index in [0.29, 0.717) is 0 Å². The molecule has 4 heteroatoms. The highest BCUT2D eigenvalue weighted by Crippen LogP contribution is 2.38. The van der Waals surface area contributed by atoms with E-state index in [9.17, 15) is 4.79 Å². The molecule has 1 aliphatic rings. The van der Waals surface area contributed by atoms with Gasteiger partial charge in [-0.2, -0.15) is 0 Å². The quantitative estimate of drug-likeness (QED) is 0.496. The number of aryl methyl sites for hydroxylation is 1. The first-order valence-electron chi connectivity index (χ1n) is 9.60. The zero-order chi connectivity index (χ0) is 20.2. The maximum atomic E-state index is 12.9. The Kier molecular flexibility index (Phi) is 5.63. The van der Waals surface area contributed by atoms with Gasteiger partial charge in [0.25, 0.3) is 0 Å². The fourth-order valence-electron chi connectivity index (χ4n) is 3.17. The number of carbonyl (C=O) groups is 1. The van der Waals surface area contributed by atoms with Crippen LogP contribution < -0.4 is 4.90 Å². The van der Waals surface area contributed by atoms with Gasteiger partial charge in [0, 0.05) is 11.3 Å². The van der Waals surface area contributed by atoms with Gasteiger partial charge in [0.2, 0.25) is 5.91 Å². The molecule has 29 heavy (non-hydrogen) atoms. The Morgan fingerprint density at radius 3 is 2.21 bits per heavy atom. The molecule has 0 bridgehead atoms. The average molecular weight is 399 g/mol. The van der Waals surface area contributed by atoms with Crippen molar-refractivity contribution in [3.63, 3.8) is 0 Å². The van der Waals surface area contributed by atoms with E-state index in [2.05, 4.69) is 31.2 Å². The summed E-state index contributed by atoms with van der Waals surface area (Å²) in [6.07, 6.45) is 2.02. The lowest BCUT2D eigenvalue weighted by Gasteiger charge is -2.17. The van der Waals surface area contributed by atoms with Gasteiger partial charge >= 0.3 is 0 Å². The molecular weight excluding hydrogens is 376 g/mol. The molecule has 144 valence electrons. The molecule has 0 saturated carbocycles. The summed E-state index contributed by atoms with van der Waals surface area (Å²) in [6, 6.07) is 28.0. The van der Waals surface area contributed by atoms with Gasteiger partial charge in [-0.25, -0.2) is 4.99 Å². The highest BCUT2D eigenvalue weighted by Gasteiger charge is 2.34. The molecule has 0 spiro atoms. The standard InChI is InChI=1S/C25H22N2OS/c1-18-13-15-20(16-14-18)23(26-21-9-5-3-6-10-21)17-24-27(25(28)19(2)29-24)22-11-7-4-8-12-22/h3-17,19H,1-2H3/b24-17-,26-23?. The van der Waals surface area contributed by atoms with Crippen LogP contribution in [0.25, 0.3) is 0 Å². The van der Waals surface area contributed by atoms with Gasteiger partial charge in [0.1, 0.15) is 0 Å². The number of thioether (sulfide) groups is 1. The number of rotatable bonds is 4. The summed E-state index contributed by atoms with van der Waals surface area (Å²) in [6.45, 7) is 4.02. The number of allylic oxidation sites excluding steroid dienone is 1. The van der Waals surface area contributed by atoms with Crippen molar-refractivity contribution < 1.29 is 4.79 Å². The lowest BCUT2D eigenvalue weighted by atomic mass is 10.1. The Bertz CT molecular complexity index is 1060. The minimum Gasteiger partial charge on any atom is -0.274 e. The smallest absolute Gasteiger partial charge is 0.245 e. The lowest BCUT2D eigenvalue weighted by molar-refractivity contribution is -0.116. The number of nitrogens with zero attached hydrogens (tertiary/aromatic N) is 2. The van der Waals surface area contributed by atoms with Gasteiger partial charge in [0.15, 0.2) is 0 Å². The van der Waals surface area contributed by atoms with Gasteiger partial charge in [-0.3, -0.25) is 9.69 Å². The topological polar surface area (TPSA) is 32.7 Å². The third kappa shape index (κ3) is 4.33. The zero-order valence-corrected chi connectivity index (χ0v) is 17.3. The SMILES string of the molecule is Cc1ccc(C(/C=C2\SC(C)C(=O)N2c2ccccc2)=Nc2ccccc2)cc1. The maximum absolute atomic E-state index is 12.9. The monoisotopic (exact) mass is 398 g/mol. The molecule has 3 aromatic rings. The van der Waals surface area contributed by atoms with Crippen LogP contribution in [0.2, 0.25) is 0 Å². The van der Waals surface area contributed by atoms with Crippen LogP contribution in [0.5, 0.6) is 0 Å². The predicted molar refractivity (Wildman–Crippen MR) is 123 cm³/mol. The van der Waals surface area contributed by atoms with E-state index in [4.69, 9.17) is 4.99 Å². The van der Waals surface area contributed by atoms with Crippen LogP contribution >= 0.6 is 11.8 Å². The van der Waals surface area contributed by atoms with Crippen molar-refractivity contribution in [2.24, 2.45) is 4.99 Å². The average Bonchev–Trinajstić information content (AvgIpc) is 3.03. The van der Waals surface area contributed by atoms with Crippen LogP contribution in [0.4, 0.5) is 11.4 Å². The van der Waals surface area contributed by atoms with Gasteiger partial charge in [-0.05, 0) is 44.2 Å². The molecular formula is C25H22N2OS. The predicted octanol–water partition coefficient (Wildman–Crippen LogP) is 6.13. The number of anilines is 1. The van der Waals surface area contributed by atoms with Crippen molar-refractivity contribution in [3.8, 4) is 0 Å². The fourth-order valence-corrected chi connectivity index (χ4v) is 4.22. The molecule has 0 N–H and O–H groups in total. The molecule has 1 heterocycles. The minimum atomic E-state index is -0.127. The molecule has 0 aromatic heterocycles. The van der Waals surface area contributed by atoms with Crippen LogP contribution in [0, 0.1) is 6.92 Å². The van der Waals surface area contributed by atoms with E-state index in [1.54, 1.807) is 16.7 Å². The number of para-hydroxylation sites is 2. The molecule has 3 aromatic carbocycles. The number of hydrogen-bond acceptors (Lipinski definition) is 3. The molecule has 1 aliphatic heterocycles. The van der Waals surface area contributed by atoms with Crippen molar-refractivity contribution in [2.75, 3.05) is 4.90 Å². The van der Waals surface area contributed by atoms with E-state index in [1.165, 1.54) is 5.56 Å². The summed E-state index contributed by atoms with van der Waals surface area (Å²) < 4.78 is 0. The number of benzene rings is 3. The summed E-state index contributed by atoms with van der Waals surface area (Å²) in [5.74, 6) is 0.0930. The summed E-state index contributed by atoms with van der Waals surface area (Å²) in [5, 5.41) is 0.765. The minimum absolute atomic E-state index is 0.0930. The Labute approximate surface area is 175 Å². The third-order valence-electron chi connectivity index (χ3n) is 4.71. The summed E-state index contributed by atoms with van der Waals surface area (Å²) in [7, 11) is 0. The van der Waals surface area contributed by atoms with E-state index in [-0.39, 0.29) is 11.2 Å². The van der Waals surface area contributed by atoms with Crippen molar-refractivity contribution >= 4 is 34.8 Å². The largest absolute Gasteiger partial charge is 0.274 e. The van der Waals surface area contributed by atoms with Crippen LogP contribution in [0.15, 0.2) is 101 Å². The van der Waals surface area contributed by atoms with Gasteiger partial charge in [-0.1, -0.05) is 78.0 Å². The van der Waals surface area contributed by atoms with Crippen LogP contribution in [0.3, 0.4) is 0 Å². The number of carbonyl (C=O) groups excluding carboxylic acids is 1. The van der Waals surface area contributed by atoms with Crippen molar-refractivity contribution in [3.05, 3.63) is 107 Å². The normalized spacial score (nSPS) is 18.5. The van der Waals surface area contributed by atoms with Gasteiger partial charge in [-0.15, -0.1) is 0 Å². The molecule has 1 amide bonds. The second-order valence-electron chi connectivity index (χ2n) is 6.95. The molecule has 0 radical (unpaired) electrons. The Hall–Kier alpha value is -3.11. The third-order valence-corrected chi connectivity index (χ3v) is 5.81. The molecule has 1 atom stereocenters. The number of aliphatic imine (C=N–C) groups is 1. The first-order chi connectivity index (χ1) is 14.1. The molecule has 1 fully saturated rings. The fraction of sp³-hybridized carbons (Fsp3) is 0.120. The highest BCUT2D eigenvalue weighted by molar-refractivity contribution is 8.05. The maximum Gasteiger partial charge on any atom is 0.245 e. The van der Waals surface area contributed by atoms with Crippen molar-refractivity contribution in [1.29, 1.82) is 0 Å². The van der Waals surface area contributed by atoms with Crippen LogP contribution in [-0.4, -0.2) is 16.9 Å². The molecule has 1 unspecified atom stereocenters. The Balaban J connectivity index is 1.81. The van der Waals surface area contributed by atoms with E-state index >= 15 is 0 Å². The summed E-state index contributed by atoms with van der Waals surface area (Å²) in [4.78, 5) is 19.5. The van der Waals surface area contributed by atoms with E-state index in [1.807, 2.05) is 73.7 Å². The van der Waals surface area contributed by atoms with E-state index in [0.717, 1.165) is 27.7 Å². The summed E-state index contributed by atoms with van der Waals surface area (Å²) >= 11 is 1.57.